The Morgan fingerprint density at radius 3 is 3.00 bits per heavy atom. The van der Waals surface area contributed by atoms with Crippen LogP contribution in [0.2, 0.25) is 0 Å². The Bertz CT molecular complexity index is 469. The van der Waals surface area contributed by atoms with Gasteiger partial charge in [-0.3, -0.25) is 4.98 Å². The van der Waals surface area contributed by atoms with E-state index in [1.54, 1.807) is 19.4 Å². The SMILES string of the molecule is CN(Cc1cccnc1)S(=O)(=O)C1CCCNC1. The molecule has 5 nitrogen and oxygen atoms in total. The van der Waals surface area contributed by atoms with Crippen molar-refractivity contribution in [1.29, 1.82) is 0 Å². The van der Waals surface area contributed by atoms with E-state index in [4.69, 9.17) is 0 Å². The minimum atomic E-state index is -3.22. The van der Waals surface area contributed by atoms with Gasteiger partial charge in [-0.2, -0.15) is 0 Å². The van der Waals surface area contributed by atoms with Crippen LogP contribution >= 0.6 is 0 Å². The summed E-state index contributed by atoms with van der Waals surface area (Å²) in [5.41, 5.74) is 0.910. The highest BCUT2D eigenvalue weighted by atomic mass is 32.2. The van der Waals surface area contributed by atoms with Crippen molar-refractivity contribution < 1.29 is 8.42 Å². The average Bonchev–Trinajstić information content (AvgIpc) is 2.41. The van der Waals surface area contributed by atoms with Crippen LogP contribution in [-0.4, -0.2) is 43.1 Å². The predicted octanol–water partition coefficient (Wildman–Crippen LogP) is 0.595. The van der Waals surface area contributed by atoms with Gasteiger partial charge in [0.2, 0.25) is 10.0 Å². The summed E-state index contributed by atoms with van der Waals surface area (Å²) in [7, 11) is -1.58. The van der Waals surface area contributed by atoms with E-state index >= 15 is 0 Å². The Labute approximate surface area is 108 Å². The third kappa shape index (κ3) is 3.07. The number of nitrogens with one attached hydrogen (secondary N) is 1. The van der Waals surface area contributed by atoms with Gasteiger partial charge in [0.25, 0.3) is 0 Å². The lowest BCUT2D eigenvalue weighted by atomic mass is 10.2. The summed E-state index contributed by atoms with van der Waals surface area (Å²) in [6.07, 6.45) is 5.05. The lowest BCUT2D eigenvalue weighted by Crippen LogP contribution is -2.44. The van der Waals surface area contributed by atoms with Gasteiger partial charge in [-0.05, 0) is 31.0 Å². The largest absolute Gasteiger partial charge is 0.315 e. The van der Waals surface area contributed by atoms with Gasteiger partial charge in [0.15, 0.2) is 0 Å². The number of piperidine rings is 1. The Balaban J connectivity index is 2.05. The van der Waals surface area contributed by atoms with Crippen molar-refractivity contribution in [3.8, 4) is 0 Å². The number of hydrogen-bond donors (Lipinski definition) is 1. The molecule has 0 aromatic carbocycles. The first-order valence-corrected chi connectivity index (χ1v) is 7.66. The molecule has 1 aromatic heterocycles. The Kier molecular flexibility index (Phi) is 4.31. The van der Waals surface area contributed by atoms with Gasteiger partial charge < -0.3 is 5.32 Å². The molecule has 1 fully saturated rings. The van der Waals surface area contributed by atoms with Crippen LogP contribution in [0.5, 0.6) is 0 Å². The van der Waals surface area contributed by atoms with E-state index in [1.165, 1.54) is 4.31 Å². The highest BCUT2D eigenvalue weighted by Crippen LogP contribution is 2.17. The van der Waals surface area contributed by atoms with E-state index in [9.17, 15) is 8.42 Å². The van der Waals surface area contributed by atoms with Gasteiger partial charge in [-0.15, -0.1) is 0 Å². The fourth-order valence-electron chi connectivity index (χ4n) is 2.17. The van der Waals surface area contributed by atoms with Gasteiger partial charge in [0.05, 0.1) is 5.25 Å². The summed E-state index contributed by atoms with van der Waals surface area (Å²) >= 11 is 0. The first-order valence-electron chi connectivity index (χ1n) is 6.15. The Morgan fingerprint density at radius 1 is 1.56 bits per heavy atom. The number of pyridine rings is 1. The highest BCUT2D eigenvalue weighted by molar-refractivity contribution is 7.89. The lowest BCUT2D eigenvalue weighted by Gasteiger charge is -2.27. The molecule has 0 aliphatic carbocycles. The normalized spacial score (nSPS) is 21.1. The third-order valence-electron chi connectivity index (χ3n) is 3.24. The van der Waals surface area contributed by atoms with Crippen LogP contribution in [0, 0.1) is 0 Å². The minimum absolute atomic E-state index is 0.298. The van der Waals surface area contributed by atoms with Gasteiger partial charge in [-0.25, -0.2) is 12.7 Å². The monoisotopic (exact) mass is 269 g/mol. The molecule has 6 heteroatoms. The zero-order valence-electron chi connectivity index (χ0n) is 10.5. The molecule has 1 atom stereocenters. The molecule has 1 unspecified atom stereocenters. The maximum Gasteiger partial charge on any atom is 0.218 e. The van der Waals surface area contributed by atoms with Crippen molar-refractivity contribution in [1.82, 2.24) is 14.6 Å². The summed E-state index contributed by atoms with van der Waals surface area (Å²) < 4.78 is 26.1. The van der Waals surface area contributed by atoms with Crippen molar-refractivity contribution in [2.24, 2.45) is 0 Å². The molecule has 0 amide bonds. The first-order chi connectivity index (χ1) is 8.60. The van der Waals surface area contributed by atoms with E-state index in [0.717, 1.165) is 24.9 Å². The number of rotatable bonds is 4. The zero-order chi connectivity index (χ0) is 13.0. The lowest BCUT2D eigenvalue weighted by molar-refractivity contribution is 0.429. The van der Waals surface area contributed by atoms with E-state index in [0.29, 0.717) is 13.1 Å². The highest BCUT2D eigenvalue weighted by Gasteiger charge is 2.30. The second-order valence-electron chi connectivity index (χ2n) is 4.63. The molecule has 1 N–H and O–H groups in total. The molecule has 2 rings (SSSR count). The predicted molar refractivity (Wildman–Crippen MR) is 70.5 cm³/mol. The summed E-state index contributed by atoms with van der Waals surface area (Å²) in [5.74, 6) is 0. The first kappa shape index (κ1) is 13.5. The van der Waals surface area contributed by atoms with E-state index in [2.05, 4.69) is 10.3 Å². The zero-order valence-corrected chi connectivity index (χ0v) is 11.4. The number of sulfonamides is 1. The molecule has 0 bridgehead atoms. The van der Waals surface area contributed by atoms with Gasteiger partial charge in [0.1, 0.15) is 0 Å². The molecular weight excluding hydrogens is 250 g/mol. The molecule has 100 valence electrons. The maximum atomic E-state index is 12.4. The third-order valence-corrected chi connectivity index (χ3v) is 5.48. The van der Waals surface area contributed by atoms with Crippen molar-refractivity contribution in [2.75, 3.05) is 20.1 Å². The molecule has 18 heavy (non-hydrogen) atoms. The van der Waals surface area contributed by atoms with Crippen molar-refractivity contribution in [2.45, 2.75) is 24.6 Å². The molecule has 0 saturated carbocycles. The molecule has 1 aliphatic heterocycles. The van der Waals surface area contributed by atoms with E-state index in [-0.39, 0.29) is 5.25 Å². The standard InChI is InChI=1S/C12H19N3O2S/c1-15(10-11-4-2-6-13-8-11)18(16,17)12-5-3-7-14-9-12/h2,4,6,8,12,14H,3,5,7,9-10H2,1H3. The second-order valence-corrected chi connectivity index (χ2v) is 6.95. The molecule has 1 saturated heterocycles. The summed E-state index contributed by atoms with van der Waals surface area (Å²) in [4.78, 5) is 4.00. The van der Waals surface area contributed by atoms with Gasteiger partial charge in [0, 0.05) is 32.5 Å². The fraction of sp³-hybridized carbons (Fsp3) is 0.583. The maximum absolute atomic E-state index is 12.4. The topological polar surface area (TPSA) is 62.3 Å². The summed E-state index contributed by atoms with van der Waals surface area (Å²) in [6, 6.07) is 3.70. The molecular formula is C12H19N3O2S. The summed E-state index contributed by atoms with van der Waals surface area (Å²) in [6.45, 7) is 1.85. The molecule has 0 spiro atoms. The van der Waals surface area contributed by atoms with Crippen molar-refractivity contribution in [3.05, 3.63) is 30.1 Å². The van der Waals surface area contributed by atoms with Crippen LogP contribution in [0.3, 0.4) is 0 Å². The molecule has 1 aliphatic rings. The fourth-order valence-corrected chi connectivity index (χ4v) is 3.80. The van der Waals surface area contributed by atoms with Crippen molar-refractivity contribution in [3.63, 3.8) is 0 Å². The van der Waals surface area contributed by atoms with Crippen LogP contribution in [-0.2, 0) is 16.6 Å². The molecule has 2 heterocycles. The Hall–Kier alpha value is -0.980. The molecule has 0 radical (unpaired) electrons. The number of hydrogen-bond acceptors (Lipinski definition) is 4. The smallest absolute Gasteiger partial charge is 0.218 e. The van der Waals surface area contributed by atoms with Crippen LogP contribution < -0.4 is 5.32 Å². The van der Waals surface area contributed by atoms with Crippen LogP contribution in [0.25, 0.3) is 0 Å². The van der Waals surface area contributed by atoms with Crippen molar-refractivity contribution >= 4 is 10.0 Å². The van der Waals surface area contributed by atoms with Crippen LogP contribution in [0.4, 0.5) is 0 Å². The van der Waals surface area contributed by atoms with E-state index in [1.807, 2.05) is 12.1 Å². The van der Waals surface area contributed by atoms with Gasteiger partial charge in [-0.1, -0.05) is 6.07 Å². The van der Waals surface area contributed by atoms with Crippen LogP contribution in [0.15, 0.2) is 24.5 Å². The summed E-state index contributed by atoms with van der Waals surface area (Å²) in [5, 5.41) is 2.84. The number of aromatic nitrogens is 1. The quantitative estimate of drug-likeness (QED) is 0.869. The molecule has 1 aromatic rings. The van der Waals surface area contributed by atoms with E-state index < -0.39 is 10.0 Å². The second kappa shape index (κ2) is 5.77. The average molecular weight is 269 g/mol. The minimum Gasteiger partial charge on any atom is -0.315 e. The Morgan fingerprint density at radius 2 is 2.39 bits per heavy atom. The van der Waals surface area contributed by atoms with Gasteiger partial charge >= 0.3 is 0 Å². The number of nitrogens with zero attached hydrogens (tertiary/aromatic N) is 2. The van der Waals surface area contributed by atoms with Crippen LogP contribution in [0.1, 0.15) is 18.4 Å².